The molecule has 2 N–H and O–H groups in total. The van der Waals surface area contributed by atoms with Crippen LogP contribution in [-0.4, -0.2) is 25.0 Å². The summed E-state index contributed by atoms with van der Waals surface area (Å²) in [7, 11) is 4.00. The molecule has 0 radical (unpaired) electrons. The van der Waals surface area contributed by atoms with Crippen molar-refractivity contribution in [1.29, 1.82) is 0 Å². The smallest absolute Gasteiger partial charge is 0.274 e. The van der Waals surface area contributed by atoms with Crippen LogP contribution >= 0.6 is 11.6 Å². The van der Waals surface area contributed by atoms with E-state index in [1.807, 2.05) is 62.3 Å². The van der Waals surface area contributed by atoms with Crippen LogP contribution in [0.2, 0.25) is 5.02 Å². The quantitative estimate of drug-likeness (QED) is 0.646. The molecule has 1 aromatic heterocycles. The Kier molecular flexibility index (Phi) is 5.62. The Bertz CT molecular complexity index is 937. The van der Waals surface area contributed by atoms with E-state index >= 15 is 0 Å². The Hall–Kier alpha value is -3.05. The fraction of sp³-hybridized carbons (Fsp3) is 0.143. The van der Waals surface area contributed by atoms with Gasteiger partial charge in [-0.15, -0.1) is 0 Å². The molecular formula is C21H21ClN4O. The van der Waals surface area contributed by atoms with Gasteiger partial charge < -0.3 is 15.5 Å². The molecule has 3 aromatic rings. The first-order chi connectivity index (χ1) is 12.9. The van der Waals surface area contributed by atoms with Crippen molar-refractivity contribution in [2.24, 2.45) is 0 Å². The minimum absolute atomic E-state index is 0.276. The Labute approximate surface area is 164 Å². The van der Waals surface area contributed by atoms with Gasteiger partial charge >= 0.3 is 0 Å². The molecule has 2 aromatic carbocycles. The predicted molar refractivity (Wildman–Crippen MR) is 112 cm³/mol. The van der Waals surface area contributed by atoms with Gasteiger partial charge in [0.25, 0.3) is 5.91 Å². The molecule has 6 heteroatoms. The zero-order valence-corrected chi connectivity index (χ0v) is 16.2. The summed E-state index contributed by atoms with van der Waals surface area (Å²) in [5.74, 6) is -0.276. The van der Waals surface area contributed by atoms with Crippen LogP contribution in [0.3, 0.4) is 0 Å². The zero-order chi connectivity index (χ0) is 19.4. The third kappa shape index (κ3) is 4.77. The molecule has 0 bridgehead atoms. The fourth-order valence-corrected chi connectivity index (χ4v) is 2.70. The number of amides is 1. The van der Waals surface area contributed by atoms with Gasteiger partial charge in [0.05, 0.1) is 11.9 Å². The summed E-state index contributed by atoms with van der Waals surface area (Å²) in [6.45, 7) is 1.91. The molecule has 0 saturated heterocycles. The highest BCUT2D eigenvalue weighted by Gasteiger charge is 2.10. The molecule has 0 aliphatic rings. The van der Waals surface area contributed by atoms with Crippen molar-refractivity contribution in [1.82, 2.24) is 4.98 Å². The van der Waals surface area contributed by atoms with Crippen molar-refractivity contribution < 1.29 is 4.79 Å². The molecular weight excluding hydrogens is 360 g/mol. The Morgan fingerprint density at radius 2 is 1.70 bits per heavy atom. The lowest BCUT2D eigenvalue weighted by Crippen LogP contribution is -2.14. The van der Waals surface area contributed by atoms with Crippen molar-refractivity contribution in [2.45, 2.75) is 6.92 Å². The number of benzene rings is 2. The second-order valence-corrected chi connectivity index (χ2v) is 6.85. The lowest BCUT2D eigenvalue weighted by Gasteiger charge is -2.13. The first kappa shape index (κ1) is 18.7. The standard InChI is InChI=1S/C21H21ClN4O/c1-14-4-5-15(22)12-20(14)25-21(27)19-11-8-17(13-23-19)24-16-6-9-18(10-7-16)26(2)3/h4-13,24H,1-3H3,(H,25,27). The predicted octanol–water partition coefficient (Wildman–Crippen LogP) is 5.11. The van der Waals surface area contributed by atoms with Gasteiger partial charge in [0.15, 0.2) is 0 Å². The molecule has 0 saturated carbocycles. The molecule has 138 valence electrons. The summed E-state index contributed by atoms with van der Waals surface area (Å²) >= 11 is 5.99. The van der Waals surface area contributed by atoms with E-state index in [0.717, 1.165) is 22.6 Å². The number of hydrogen-bond donors (Lipinski definition) is 2. The van der Waals surface area contributed by atoms with Gasteiger partial charge in [0.1, 0.15) is 5.69 Å². The minimum atomic E-state index is -0.276. The van der Waals surface area contributed by atoms with Crippen molar-refractivity contribution in [3.63, 3.8) is 0 Å². The fourth-order valence-electron chi connectivity index (χ4n) is 2.53. The molecule has 0 unspecified atom stereocenters. The number of halogens is 1. The average Bonchev–Trinajstić information content (AvgIpc) is 2.65. The number of nitrogens with zero attached hydrogens (tertiary/aromatic N) is 2. The first-order valence-corrected chi connectivity index (χ1v) is 8.88. The maximum absolute atomic E-state index is 12.4. The topological polar surface area (TPSA) is 57.3 Å². The molecule has 0 spiro atoms. The molecule has 0 aliphatic carbocycles. The number of aryl methyl sites for hydroxylation is 1. The molecule has 0 fully saturated rings. The summed E-state index contributed by atoms with van der Waals surface area (Å²) in [4.78, 5) is 18.7. The first-order valence-electron chi connectivity index (χ1n) is 8.50. The van der Waals surface area contributed by atoms with E-state index < -0.39 is 0 Å². The van der Waals surface area contributed by atoms with Crippen LogP contribution in [-0.2, 0) is 0 Å². The lowest BCUT2D eigenvalue weighted by atomic mass is 10.2. The number of rotatable bonds is 5. The SMILES string of the molecule is Cc1ccc(Cl)cc1NC(=O)c1ccc(Nc2ccc(N(C)C)cc2)cn1. The number of anilines is 4. The summed E-state index contributed by atoms with van der Waals surface area (Å²) in [6, 6.07) is 16.9. The lowest BCUT2D eigenvalue weighted by molar-refractivity contribution is 0.102. The average molecular weight is 381 g/mol. The van der Waals surface area contributed by atoms with Gasteiger partial charge in [-0.3, -0.25) is 4.79 Å². The Morgan fingerprint density at radius 1 is 1.00 bits per heavy atom. The monoisotopic (exact) mass is 380 g/mol. The van der Waals surface area contributed by atoms with Crippen LogP contribution in [0.4, 0.5) is 22.7 Å². The number of pyridine rings is 1. The largest absolute Gasteiger partial charge is 0.378 e. The highest BCUT2D eigenvalue weighted by molar-refractivity contribution is 6.31. The van der Waals surface area contributed by atoms with Crippen LogP contribution in [0.25, 0.3) is 0 Å². The molecule has 0 aliphatic heterocycles. The van der Waals surface area contributed by atoms with E-state index in [0.29, 0.717) is 16.4 Å². The molecule has 0 atom stereocenters. The van der Waals surface area contributed by atoms with Crippen molar-refractivity contribution in [3.8, 4) is 0 Å². The van der Waals surface area contributed by atoms with Crippen LogP contribution < -0.4 is 15.5 Å². The Balaban J connectivity index is 1.67. The molecule has 5 nitrogen and oxygen atoms in total. The van der Waals surface area contributed by atoms with Gasteiger partial charge in [-0.2, -0.15) is 0 Å². The highest BCUT2D eigenvalue weighted by atomic mass is 35.5. The minimum Gasteiger partial charge on any atom is -0.378 e. The number of carbonyl (C=O) groups excluding carboxylic acids is 1. The maximum Gasteiger partial charge on any atom is 0.274 e. The van der Waals surface area contributed by atoms with Crippen molar-refractivity contribution >= 4 is 40.3 Å². The van der Waals surface area contributed by atoms with E-state index in [1.165, 1.54) is 0 Å². The van der Waals surface area contributed by atoms with Crippen LogP contribution in [0.1, 0.15) is 16.1 Å². The van der Waals surface area contributed by atoms with E-state index in [-0.39, 0.29) is 5.91 Å². The van der Waals surface area contributed by atoms with Crippen LogP contribution in [0, 0.1) is 6.92 Å². The van der Waals surface area contributed by atoms with Crippen molar-refractivity contribution in [3.05, 3.63) is 77.1 Å². The van der Waals surface area contributed by atoms with E-state index in [9.17, 15) is 4.79 Å². The van der Waals surface area contributed by atoms with Gasteiger partial charge in [-0.05, 0) is 61.0 Å². The van der Waals surface area contributed by atoms with E-state index in [4.69, 9.17) is 11.6 Å². The molecule has 1 heterocycles. The van der Waals surface area contributed by atoms with Gasteiger partial charge in [-0.1, -0.05) is 17.7 Å². The second-order valence-electron chi connectivity index (χ2n) is 6.41. The van der Waals surface area contributed by atoms with Crippen LogP contribution in [0.15, 0.2) is 60.8 Å². The molecule has 3 rings (SSSR count). The third-order valence-electron chi connectivity index (χ3n) is 4.12. The van der Waals surface area contributed by atoms with Gasteiger partial charge in [-0.25, -0.2) is 4.98 Å². The number of carbonyl (C=O) groups is 1. The summed E-state index contributed by atoms with van der Waals surface area (Å²) in [5.41, 5.74) is 4.84. The normalized spacial score (nSPS) is 10.4. The highest BCUT2D eigenvalue weighted by Crippen LogP contribution is 2.22. The summed E-state index contributed by atoms with van der Waals surface area (Å²) in [5, 5.41) is 6.69. The number of nitrogens with one attached hydrogen (secondary N) is 2. The van der Waals surface area contributed by atoms with Gasteiger partial charge in [0, 0.05) is 36.2 Å². The van der Waals surface area contributed by atoms with Crippen molar-refractivity contribution in [2.75, 3.05) is 29.6 Å². The van der Waals surface area contributed by atoms with Gasteiger partial charge in [0.2, 0.25) is 0 Å². The second kappa shape index (κ2) is 8.10. The molecule has 1 amide bonds. The maximum atomic E-state index is 12.4. The van der Waals surface area contributed by atoms with E-state index in [2.05, 4.69) is 15.6 Å². The third-order valence-corrected chi connectivity index (χ3v) is 4.35. The number of hydrogen-bond acceptors (Lipinski definition) is 4. The summed E-state index contributed by atoms with van der Waals surface area (Å²) < 4.78 is 0. The number of aromatic nitrogens is 1. The zero-order valence-electron chi connectivity index (χ0n) is 15.5. The van der Waals surface area contributed by atoms with Crippen LogP contribution in [0.5, 0.6) is 0 Å². The molecule has 27 heavy (non-hydrogen) atoms. The summed E-state index contributed by atoms with van der Waals surface area (Å²) in [6.07, 6.45) is 1.64. The Morgan fingerprint density at radius 3 is 2.33 bits per heavy atom. The van der Waals surface area contributed by atoms with E-state index in [1.54, 1.807) is 24.4 Å².